The van der Waals surface area contributed by atoms with Crippen LogP contribution in [0.5, 0.6) is 0 Å². The lowest BCUT2D eigenvalue weighted by atomic mass is 10.4. The van der Waals surface area contributed by atoms with E-state index >= 15 is 0 Å². The fourth-order valence-electron chi connectivity index (χ4n) is 0.563. The Morgan fingerprint density at radius 3 is 2.36 bits per heavy atom. The van der Waals surface area contributed by atoms with E-state index in [1.807, 2.05) is 0 Å². The average Bonchev–Trinajstić information content (AvgIpc) is 2.03. The van der Waals surface area contributed by atoms with Gasteiger partial charge in [-0.05, 0) is 13.8 Å². The SMILES string of the molecule is C=C(C)C(=O)OC(C)OC(=O)OCC. The van der Waals surface area contributed by atoms with Crippen molar-refractivity contribution in [3.05, 3.63) is 12.2 Å². The zero-order valence-electron chi connectivity index (χ0n) is 8.53. The second-order valence-electron chi connectivity index (χ2n) is 2.55. The number of esters is 1. The van der Waals surface area contributed by atoms with E-state index in [0.717, 1.165) is 0 Å². The van der Waals surface area contributed by atoms with Crippen molar-refractivity contribution < 1.29 is 23.8 Å². The molecule has 0 aromatic heterocycles. The molecule has 0 rings (SSSR count). The van der Waals surface area contributed by atoms with Gasteiger partial charge >= 0.3 is 12.1 Å². The molecule has 0 fully saturated rings. The van der Waals surface area contributed by atoms with Crippen LogP contribution < -0.4 is 0 Å². The average molecular weight is 202 g/mol. The van der Waals surface area contributed by atoms with Gasteiger partial charge in [0.1, 0.15) is 0 Å². The Kier molecular flexibility index (Phi) is 5.36. The molecule has 1 atom stereocenters. The zero-order chi connectivity index (χ0) is 11.1. The molecule has 0 aliphatic carbocycles. The molecule has 0 aliphatic rings. The molecule has 1 unspecified atom stereocenters. The number of carbonyl (C=O) groups excluding carboxylic acids is 2. The van der Waals surface area contributed by atoms with Gasteiger partial charge in [-0.15, -0.1) is 0 Å². The molecule has 80 valence electrons. The molecule has 0 saturated heterocycles. The molecule has 0 N–H and O–H groups in total. The van der Waals surface area contributed by atoms with Gasteiger partial charge in [-0.1, -0.05) is 6.58 Å². The van der Waals surface area contributed by atoms with Crippen molar-refractivity contribution in [1.29, 1.82) is 0 Å². The Morgan fingerprint density at radius 1 is 1.36 bits per heavy atom. The molecule has 0 spiro atoms. The van der Waals surface area contributed by atoms with Gasteiger partial charge in [0.25, 0.3) is 0 Å². The number of hydrogen-bond donors (Lipinski definition) is 0. The Hall–Kier alpha value is -1.52. The Labute approximate surface area is 82.6 Å². The summed E-state index contributed by atoms with van der Waals surface area (Å²) in [5.74, 6) is -0.609. The summed E-state index contributed by atoms with van der Waals surface area (Å²) >= 11 is 0. The van der Waals surface area contributed by atoms with Crippen LogP contribution in [0.3, 0.4) is 0 Å². The molecule has 0 heterocycles. The molecule has 0 aliphatic heterocycles. The standard InChI is InChI=1S/C9H14O5/c1-5-12-9(11)14-7(4)13-8(10)6(2)3/h7H,2,5H2,1,3-4H3. The first-order valence-electron chi connectivity index (χ1n) is 4.17. The minimum atomic E-state index is -0.974. The summed E-state index contributed by atoms with van der Waals surface area (Å²) in [6, 6.07) is 0. The third-order valence-electron chi connectivity index (χ3n) is 1.15. The summed E-state index contributed by atoms with van der Waals surface area (Å²) in [6.07, 6.45) is -1.84. The van der Waals surface area contributed by atoms with Crippen LogP contribution in [-0.4, -0.2) is 25.0 Å². The monoisotopic (exact) mass is 202 g/mol. The van der Waals surface area contributed by atoms with Crippen LogP contribution >= 0.6 is 0 Å². The lowest BCUT2D eigenvalue weighted by Crippen LogP contribution is -2.22. The lowest BCUT2D eigenvalue weighted by molar-refractivity contribution is -0.163. The van der Waals surface area contributed by atoms with Crippen LogP contribution in [0.2, 0.25) is 0 Å². The van der Waals surface area contributed by atoms with Crippen molar-refractivity contribution in [2.45, 2.75) is 27.1 Å². The Balaban J connectivity index is 3.86. The van der Waals surface area contributed by atoms with E-state index in [9.17, 15) is 9.59 Å². The van der Waals surface area contributed by atoms with Crippen LogP contribution in [0.25, 0.3) is 0 Å². The van der Waals surface area contributed by atoms with Crippen molar-refractivity contribution in [2.75, 3.05) is 6.61 Å². The normalized spacial score (nSPS) is 11.4. The molecule has 5 nitrogen and oxygen atoms in total. The molecule has 0 bridgehead atoms. The van der Waals surface area contributed by atoms with Gasteiger partial charge in [0.2, 0.25) is 6.29 Å². The molecule has 0 aromatic rings. The Bertz CT molecular complexity index is 233. The minimum Gasteiger partial charge on any atom is -0.435 e. The van der Waals surface area contributed by atoms with Crippen LogP contribution in [0.4, 0.5) is 4.79 Å². The van der Waals surface area contributed by atoms with Crippen LogP contribution in [0.15, 0.2) is 12.2 Å². The van der Waals surface area contributed by atoms with Gasteiger partial charge in [0, 0.05) is 12.5 Å². The van der Waals surface area contributed by atoms with E-state index in [-0.39, 0.29) is 12.2 Å². The first kappa shape index (κ1) is 12.5. The molecule has 0 amide bonds. The van der Waals surface area contributed by atoms with Gasteiger partial charge in [0.05, 0.1) is 6.61 Å². The predicted molar refractivity (Wildman–Crippen MR) is 48.5 cm³/mol. The highest BCUT2D eigenvalue weighted by atomic mass is 16.8. The van der Waals surface area contributed by atoms with Crippen molar-refractivity contribution in [1.82, 2.24) is 0 Å². The van der Waals surface area contributed by atoms with E-state index < -0.39 is 18.4 Å². The third kappa shape index (κ3) is 5.18. The molecule has 0 radical (unpaired) electrons. The van der Waals surface area contributed by atoms with Crippen LogP contribution in [-0.2, 0) is 19.0 Å². The summed E-state index contributed by atoms with van der Waals surface area (Å²) < 4.78 is 13.7. The molecule has 14 heavy (non-hydrogen) atoms. The highest BCUT2D eigenvalue weighted by molar-refractivity contribution is 5.87. The van der Waals surface area contributed by atoms with E-state index in [2.05, 4.69) is 20.8 Å². The summed E-state index contributed by atoms with van der Waals surface area (Å²) in [4.78, 5) is 21.7. The number of ether oxygens (including phenoxy) is 3. The van der Waals surface area contributed by atoms with Gasteiger partial charge in [-0.25, -0.2) is 9.59 Å². The quantitative estimate of drug-likeness (QED) is 0.394. The molecule has 5 heteroatoms. The maximum atomic E-state index is 10.9. The fourth-order valence-corrected chi connectivity index (χ4v) is 0.563. The van der Waals surface area contributed by atoms with Crippen LogP contribution in [0, 0.1) is 0 Å². The molecule has 0 saturated carbocycles. The van der Waals surface area contributed by atoms with Gasteiger partial charge in [-0.2, -0.15) is 0 Å². The summed E-state index contributed by atoms with van der Waals surface area (Å²) in [5, 5.41) is 0. The topological polar surface area (TPSA) is 61.8 Å². The third-order valence-corrected chi connectivity index (χ3v) is 1.15. The molecule has 0 aromatic carbocycles. The zero-order valence-corrected chi connectivity index (χ0v) is 8.53. The van der Waals surface area contributed by atoms with E-state index in [1.54, 1.807) is 6.92 Å². The first-order valence-corrected chi connectivity index (χ1v) is 4.17. The number of carbonyl (C=O) groups is 2. The lowest BCUT2D eigenvalue weighted by Gasteiger charge is -2.13. The smallest absolute Gasteiger partial charge is 0.435 e. The number of rotatable bonds is 4. The fraction of sp³-hybridized carbons (Fsp3) is 0.556. The number of hydrogen-bond acceptors (Lipinski definition) is 5. The maximum Gasteiger partial charge on any atom is 0.511 e. The van der Waals surface area contributed by atoms with Crippen LogP contribution in [0.1, 0.15) is 20.8 Å². The molecular formula is C9H14O5. The van der Waals surface area contributed by atoms with Gasteiger partial charge in [-0.3, -0.25) is 0 Å². The predicted octanol–water partition coefficient (Wildman–Crippen LogP) is 1.62. The highest BCUT2D eigenvalue weighted by Crippen LogP contribution is 2.01. The van der Waals surface area contributed by atoms with Crippen molar-refractivity contribution >= 4 is 12.1 Å². The van der Waals surface area contributed by atoms with E-state index in [0.29, 0.717) is 0 Å². The summed E-state index contributed by atoms with van der Waals surface area (Å²) in [7, 11) is 0. The van der Waals surface area contributed by atoms with Crippen molar-refractivity contribution in [3.63, 3.8) is 0 Å². The minimum absolute atomic E-state index is 0.208. The summed E-state index contributed by atoms with van der Waals surface area (Å²) in [6.45, 7) is 8.14. The van der Waals surface area contributed by atoms with Crippen molar-refractivity contribution in [3.8, 4) is 0 Å². The molecular weight excluding hydrogens is 188 g/mol. The maximum absolute atomic E-state index is 10.9. The Morgan fingerprint density at radius 2 is 1.93 bits per heavy atom. The van der Waals surface area contributed by atoms with Gasteiger partial charge in [0.15, 0.2) is 0 Å². The van der Waals surface area contributed by atoms with E-state index in [1.165, 1.54) is 13.8 Å². The highest BCUT2D eigenvalue weighted by Gasteiger charge is 2.14. The van der Waals surface area contributed by atoms with Crippen molar-refractivity contribution in [2.24, 2.45) is 0 Å². The van der Waals surface area contributed by atoms with E-state index in [4.69, 9.17) is 0 Å². The second kappa shape index (κ2) is 6.01. The first-order chi connectivity index (χ1) is 6.47. The van der Waals surface area contributed by atoms with Gasteiger partial charge < -0.3 is 14.2 Å². The second-order valence-corrected chi connectivity index (χ2v) is 2.55. The largest absolute Gasteiger partial charge is 0.511 e. The summed E-state index contributed by atoms with van der Waals surface area (Å²) in [5.41, 5.74) is 0.240.